The van der Waals surface area contributed by atoms with E-state index in [1.807, 2.05) is 72.8 Å². The zero-order chi connectivity index (χ0) is 25.3. The summed E-state index contributed by atoms with van der Waals surface area (Å²) in [4.78, 5) is 28.5. The van der Waals surface area contributed by atoms with Crippen molar-refractivity contribution in [1.82, 2.24) is 15.8 Å². The zero-order valence-corrected chi connectivity index (χ0v) is 19.6. The summed E-state index contributed by atoms with van der Waals surface area (Å²) in [6, 6.07) is 24.1. The van der Waals surface area contributed by atoms with E-state index < -0.39 is 5.91 Å². The summed E-state index contributed by atoms with van der Waals surface area (Å²) in [6.45, 7) is 0.635. The molecule has 4 aromatic rings. The van der Waals surface area contributed by atoms with Crippen LogP contribution in [-0.4, -0.2) is 29.1 Å². The topological polar surface area (TPSA) is 110 Å². The number of nitrogens with zero attached hydrogens (tertiary/aromatic N) is 1. The average molecular weight is 484 g/mol. The predicted molar refractivity (Wildman–Crippen MR) is 136 cm³/mol. The number of ether oxygens (including phenoxy) is 2. The van der Waals surface area contributed by atoms with Gasteiger partial charge in [0.25, 0.3) is 11.8 Å². The van der Waals surface area contributed by atoms with E-state index in [0.717, 1.165) is 27.8 Å². The smallest absolute Gasteiger partial charge is 0.270 e. The van der Waals surface area contributed by atoms with Crippen LogP contribution >= 0.6 is 0 Å². The third kappa shape index (κ3) is 6.25. The highest BCUT2D eigenvalue weighted by molar-refractivity contribution is 5.97. The van der Waals surface area contributed by atoms with E-state index in [9.17, 15) is 9.59 Å². The fourth-order valence-electron chi connectivity index (χ4n) is 3.49. The summed E-state index contributed by atoms with van der Waals surface area (Å²) in [5.74, 6) is 0.414. The first kappa shape index (κ1) is 24.4. The number of carbonyl (C=O) groups excluding carboxylic acids is 2. The van der Waals surface area contributed by atoms with Crippen LogP contribution in [0.15, 0.2) is 84.9 Å². The van der Waals surface area contributed by atoms with Gasteiger partial charge in [-0.25, -0.2) is 10.5 Å². The van der Waals surface area contributed by atoms with Gasteiger partial charge >= 0.3 is 0 Å². The second-order valence-corrected chi connectivity index (χ2v) is 7.89. The van der Waals surface area contributed by atoms with Crippen molar-refractivity contribution in [2.24, 2.45) is 0 Å². The Balaban J connectivity index is 1.45. The van der Waals surface area contributed by atoms with Crippen molar-refractivity contribution in [3.63, 3.8) is 0 Å². The lowest BCUT2D eigenvalue weighted by atomic mass is 10.1. The SMILES string of the molecule is COc1ccc(COc2cc(C(=O)NCc3ccc(/C=C/C(=O)NO)cc3)nc3ccccc23)cc1. The van der Waals surface area contributed by atoms with Crippen LogP contribution in [0.25, 0.3) is 17.0 Å². The molecule has 1 aromatic heterocycles. The van der Waals surface area contributed by atoms with Gasteiger partial charge in [-0.15, -0.1) is 0 Å². The number of pyridine rings is 1. The van der Waals surface area contributed by atoms with Crippen molar-refractivity contribution in [2.75, 3.05) is 7.11 Å². The molecule has 2 amide bonds. The van der Waals surface area contributed by atoms with Gasteiger partial charge in [0, 0.05) is 24.1 Å². The molecule has 0 fully saturated rings. The van der Waals surface area contributed by atoms with Crippen LogP contribution < -0.4 is 20.3 Å². The molecular formula is C28H25N3O5. The van der Waals surface area contributed by atoms with Gasteiger partial charge in [0.15, 0.2) is 0 Å². The van der Waals surface area contributed by atoms with Crippen molar-refractivity contribution in [3.05, 3.63) is 107 Å². The number of fused-ring (bicyclic) bond motifs is 1. The Kier molecular flexibility index (Phi) is 7.90. The fourth-order valence-corrected chi connectivity index (χ4v) is 3.49. The minimum Gasteiger partial charge on any atom is -0.497 e. The quantitative estimate of drug-likeness (QED) is 0.186. The second kappa shape index (κ2) is 11.6. The van der Waals surface area contributed by atoms with Gasteiger partial charge in [0.05, 0.1) is 12.6 Å². The molecule has 36 heavy (non-hydrogen) atoms. The molecule has 0 aliphatic heterocycles. The molecule has 0 saturated heterocycles. The van der Waals surface area contributed by atoms with Crippen LogP contribution in [0.2, 0.25) is 0 Å². The molecule has 0 saturated carbocycles. The van der Waals surface area contributed by atoms with E-state index in [1.165, 1.54) is 11.6 Å². The Morgan fingerprint density at radius 2 is 1.69 bits per heavy atom. The number of hydrogen-bond acceptors (Lipinski definition) is 6. The number of aromatic nitrogens is 1. The normalized spacial score (nSPS) is 10.8. The first-order valence-corrected chi connectivity index (χ1v) is 11.2. The summed E-state index contributed by atoms with van der Waals surface area (Å²) in [7, 11) is 1.62. The summed E-state index contributed by atoms with van der Waals surface area (Å²) < 4.78 is 11.3. The van der Waals surface area contributed by atoms with Gasteiger partial charge in [-0.3, -0.25) is 14.8 Å². The largest absolute Gasteiger partial charge is 0.497 e. The minimum atomic E-state index is -0.610. The molecule has 0 atom stereocenters. The van der Waals surface area contributed by atoms with Crippen LogP contribution in [0.1, 0.15) is 27.2 Å². The van der Waals surface area contributed by atoms with Gasteiger partial charge in [-0.2, -0.15) is 0 Å². The first-order valence-electron chi connectivity index (χ1n) is 11.2. The standard InChI is InChI=1S/C28H25N3O5/c1-35-22-13-10-21(11-14-22)18-36-26-16-25(30-24-5-3-2-4-23(24)26)28(33)29-17-20-8-6-19(7-9-20)12-15-27(32)31-34/h2-16,34H,17-18H2,1H3,(H,29,33)(H,31,32)/b15-12+. The molecule has 0 radical (unpaired) electrons. The third-order valence-electron chi connectivity index (χ3n) is 5.43. The van der Waals surface area contributed by atoms with Crippen LogP contribution in [0, 0.1) is 0 Å². The van der Waals surface area contributed by atoms with E-state index in [4.69, 9.17) is 14.7 Å². The number of rotatable bonds is 9. The molecular weight excluding hydrogens is 458 g/mol. The van der Waals surface area contributed by atoms with Crippen molar-refractivity contribution in [3.8, 4) is 11.5 Å². The molecule has 0 unspecified atom stereocenters. The molecule has 3 N–H and O–H groups in total. The minimum absolute atomic E-state index is 0.257. The molecule has 0 bridgehead atoms. The summed E-state index contributed by atoms with van der Waals surface area (Å²) in [5.41, 5.74) is 5.09. The zero-order valence-electron chi connectivity index (χ0n) is 19.6. The average Bonchev–Trinajstić information content (AvgIpc) is 2.93. The molecule has 0 spiro atoms. The van der Waals surface area contributed by atoms with Crippen molar-refractivity contribution < 1.29 is 24.3 Å². The fraction of sp³-hybridized carbons (Fsp3) is 0.107. The number of para-hydroxylation sites is 1. The van der Waals surface area contributed by atoms with Gasteiger partial charge < -0.3 is 14.8 Å². The number of hydrogen-bond donors (Lipinski definition) is 3. The lowest BCUT2D eigenvalue weighted by molar-refractivity contribution is -0.124. The van der Waals surface area contributed by atoms with Crippen LogP contribution in [-0.2, 0) is 17.9 Å². The van der Waals surface area contributed by atoms with Gasteiger partial charge in [0.1, 0.15) is 23.8 Å². The van der Waals surface area contributed by atoms with E-state index in [1.54, 1.807) is 19.3 Å². The Morgan fingerprint density at radius 1 is 0.972 bits per heavy atom. The molecule has 8 nitrogen and oxygen atoms in total. The lowest BCUT2D eigenvalue weighted by Gasteiger charge is -2.12. The Hall–Kier alpha value is -4.69. The van der Waals surface area contributed by atoms with E-state index in [-0.39, 0.29) is 11.6 Å². The Morgan fingerprint density at radius 3 is 2.42 bits per heavy atom. The van der Waals surface area contributed by atoms with Crippen LogP contribution in [0.3, 0.4) is 0 Å². The Labute approximate surface area is 208 Å². The first-order chi connectivity index (χ1) is 17.6. The summed E-state index contributed by atoms with van der Waals surface area (Å²) in [5, 5.41) is 12.2. The van der Waals surface area contributed by atoms with Crippen molar-refractivity contribution in [1.29, 1.82) is 0 Å². The number of amides is 2. The van der Waals surface area contributed by atoms with Gasteiger partial charge in [-0.05, 0) is 47.0 Å². The number of nitrogens with one attached hydrogen (secondary N) is 2. The number of hydroxylamine groups is 1. The van der Waals surface area contributed by atoms with Crippen LogP contribution in [0.5, 0.6) is 11.5 Å². The molecule has 0 aliphatic rings. The summed E-state index contributed by atoms with van der Waals surface area (Å²) in [6.07, 6.45) is 2.79. The monoisotopic (exact) mass is 483 g/mol. The highest BCUT2D eigenvalue weighted by Crippen LogP contribution is 2.26. The highest BCUT2D eigenvalue weighted by Gasteiger charge is 2.13. The number of carbonyl (C=O) groups is 2. The maximum atomic E-state index is 12.9. The molecule has 182 valence electrons. The molecule has 8 heteroatoms. The number of benzene rings is 3. The van der Waals surface area contributed by atoms with Crippen LogP contribution in [0.4, 0.5) is 0 Å². The molecule has 1 heterocycles. The molecule has 4 rings (SSSR count). The van der Waals surface area contributed by atoms with E-state index >= 15 is 0 Å². The molecule has 0 aliphatic carbocycles. The number of methoxy groups -OCH3 is 1. The second-order valence-electron chi connectivity index (χ2n) is 7.89. The predicted octanol–water partition coefficient (Wildman–Crippen LogP) is 4.27. The Bertz CT molecular complexity index is 1380. The summed E-state index contributed by atoms with van der Waals surface area (Å²) >= 11 is 0. The molecule has 3 aromatic carbocycles. The van der Waals surface area contributed by atoms with E-state index in [0.29, 0.717) is 24.4 Å². The van der Waals surface area contributed by atoms with E-state index in [2.05, 4.69) is 10.3 Å². The van der Waals surface area contributed by atoms with Crippen molar-refractivity contribution >= 4 is 28.8 Å². The third-order valence-corrected chi connectivity index (χ3v) is 5.43. The lowest BCUT2D eigenvalue weighted by Crippen LogP contribution is -2.24. The van der Waals surface area contributed by atoms with Gasteiger partial charge in [-0.1, -0.05) is 48.5 Å². The maximum Gasteiger partial charge on any atom is 0.270 e. The van der Waals surface area contributed by atoms with Crippen molar-refractivity contribution in [2.45, 2.75) is 13.2 Å². The maximum absolute atomic E-state index is 12.9. The van der Waals surface area contributed by atoms with Gasteiger partial charge in [0.2, 0.25) is 0 Å². The highest BCUT2D eigenvalue weighted by atomic mass is 16.5.